The van der Waals surface area contributed by atoms with E-state index in [0.29, 0.717) is 0 Å². The van der Waals surface area contributed by atoms with E-state index >= 15 is 0 Å². The van der Waals surface area contributed by atoms with Crippen LogP contribution in [-0.4, -0.2) is 41.0 Å². The Kier molecular flexibility index (Phi) is 14.1. The second-order valence-electron chi connectivity index (χ2n) is 1.02. The summed E-state index contributed by atoms with van der Waals surface area (Å²) in [5.41, 5.74) is 0. The molecule has 0 aliphatic carbocycles. The van der Waals surface area contributed by atoms with Crippen LogP contribution in [-0.2, 0) is 0 Å². The van der Waals surface area contributed by atoms with E-state index in [1.165, 1.54) is 6.38 Å². The summed E-state index contributed by atoms with van der Waals surface area (Å²) in [6.07, 6.45) is 0.519. The third kappa shape index (κ3) is 9.48. The standard InChI is InChI=1S/C3H8O3.CH3Cl/c4-1-3(6)2-5;1-2/h3-6H,1-2H2;1H3. The summed E-state index contributed by atoms with van der Waals surface area (Å²) in [4.78, 5) is 0. The molecular formula is C4H11ClO3. The van der Waals surface area contributed by atoms with E-state index in [-0.39, 0.29) is 13.2 Å². The second kappa shape index (κ2) is 10.2. The highest BCUT2D eigenvalue weighted by Crippen LogP contribution is 1.71. The molecule has 0 bridgehead atoms. The maximum absolute atomic E-state index is 8.17. The molecule has 0 aromatic carbocycles. The predicted molar refractivity (Wildman–Crippen MR) is 32.0 cm³/mol. The SMILES string of the molecule is CCl.OCC(O)CO. The fourth-order valence-electron chi connectivity index (χ4n) is 0.0577. The highest BCUT2D eigenvalue weighted by Gasteiger charge is 1.93. The Morgan fingerprint density at radius 1 is 1.25 bits per heavy atom. The van der Waals surface area contributed by atoms with Crippen molar-refractivity contribution in [1.82, 2.24) is 0 Å². The monoisotopic (exact) mass is 142 g/mol. The summed E-state index contributed by atoms with van der Waals surface area (Å²) in [5, 5.41) is 24.0. The Morgan fingerprint density at radius 2 is 1.50 bits per heavy atom. The second-order valence-corrected chi connectivity index (χ2v) is 1.02. The molecule has 4 heteroatoms. The summed E-state index contributed by atoms with van der Waals surface area (Å²) in [7, 11) is 0. The van der Waals surface area contributed by atoms with Crippen LogP contribution in [0.2, 0.25) is 0 Å². The quantitative estimate of drug-likeness (QED) is 0.442. The zero-order valence-corrected chi connectivity index (χ0v) is 5.47. The van der Waals surface area contributed by atoms with Gasteiger partial charge >= 0.3 is 0 Å². The fraction of sp³-hybridized carbons (Fsp3) is 1.00. The van der Waals surface area contributed by atoms with Crippen molar-refractivity contribution in [3.05, 3.63) is 0 Å². The summed E-state index contributed by atoms with van der Waals surface area (Å²) in [6.45, 7) is -0.729. The van der Waals surface area contributed by atoms with Crippen molar-refractivity contribution in [2.75, 3.05) is 19.6 Å². The van der Waals surface area contributed by atoms with Crippen molar-refractivity contribution in [1.29, 1.82) is 0 Å². The van der Waals surface area contributed by atoms with Crippen LogP contribution in [0.15, 0.2) is 0 Å². The first-order valence-electron chi connectivity index (χ1n) is 2.09. The minimum Gasteiger partial charge on any atom is -0.394 e. The van der Waals surface area contributed by atoms with Gasteiger partial charge in [0.15, 0.2) is 0 Å². The lowest BCUT2D eigenvalue weighted by Crippen LogP contribution is -2.15. The molecule has 0 radical (unpaired) electrons. The van der Waals surface area contributed by atoms with Crippen molar-refractivity contribution in [3.8, 4) is 0 Å². The molecule has 3 nitrogen and oxygen atoms in total. The van der Waals surface area contributed by atoms with Crippen LogP contribution in [0.3, 0.4) is 0 Å². The van der Waals surface area contributed by atoms with E-state index in [2.05, 4.69) is 11.6 Å². The van der Waals surface area contributed by atoms with Crippen LogP contribution in [0.1, 0.15) is 0 Å². The molecule has 3 N–H and O–H groups in total. The van der Waals surface area contributed by atoms with Gasteiger partial charge < -0.3 is 15.3 Å². The molecule has 52 valence electrons. The molecule has 0 aromatic rings. The summed E-state index contributed by atoms with van der Waals surface area (Å²) < 4.78 is 0. The maximum atomic E-state index is 8.17. The summed E-state index contributed by atoms with van der Waals surface area (Å²) >= 11 is 4.64. The predicted octanol–water partition coefficient (Wildman–Crippen LogP) is -0.813. The van der Waals surface area contributed by atoms with Gasteiger partial charge in [-0.25, -0.2) is 0 Å². The largest absolute Gasteiger partial charge is 0.394 e. The average Bonchev–Trinajstić information content (AvgIpc) is 1.91. The molecule has 0 rings (SSSR count). The number of hydrogen-bond donors (Lipinski definition) is 3. The Morgan fingerprint density at radius 3 is 1.50 bits per heavy atom. The average molecular weight is 143 g/mol. The van der Waals surface area contributed by atoms with Gasteiger partial charge in [0.2, 0.25) is 0 Å². The molecule has 0 aromatic heterocycles. The van der Waals surface area contributed by atoms with Gasteiger partial charge in [0, 0.05) is 6.38 Å². The maximum Gasteiger partial charge on any atom is 0.100 e. The van der Waals surface area contributed by atoms with Gasteiger partial charge in [0.1, 0.15) is 6.10 Å². The molecule has 0 atom stereocenters. The molecule has 0 heterocycles. The first-order chi connectivity index (χ1) is 3.81. The van der Waals surface area contributed by atoms with Gasteiger partial charge in [0.25, 0.3) is 0 Å². The van der Waals surface area contributed by atoms with Gasteiger partial charge in [-0.15, -0.1) is 11.6 Å². The molecular weight excluding hydrogens is 131 g/mol. The van der Waals surface area contributed by atoms with Crippen LogP contribution in [0.5, 0.6) is 0 Å². The van der Waals surface area contributed by atoms with E-state index in [1.807, 2.05) is 0 Å². The van der Waals surface area contributed by atoms with Crippen molar-refractivity contribution < 1.29 is 15.3 Å². The van der Waals surface area contributed by atoms with E-state index < -0.39 is 6.10 Å². The van der Waals surface area contributed by atoms with Crippen molar-refractivity contribution in [2.45, 2.75) is 6.10 Å². The number of hydrogen-bond acceptors (Lipinski definition) is 3. The summed E-state index contributed by atoms with van der Waals surface area (Å²) in [5.74, 6) is 0. The smallest absolute Gasteiger partial charge is 0.100 e. The van der Waals surface area contributed by atoms with Crippen LogP contribution in [0.25, 0.3) is 0 Å². The number of aliphatic hydroxyl groups is 3. The lowest BCUT2D eigenvalue weighted by Gasteiger charge is -1.96. The van der Waals surface area contributed by atoms with Gasteiger partial charge in [-0.1, -0.05) is 0 Å². The van der Waals surface area contributed by atoms with Crippen LogP contribution in [0.4, 0.5) is 0 Å². The van der Waals surface area contributed by atoms with Crippen LogP contribution < -0.4 is 0 Å². The van der Waals surface area contributed by atoms with E-state index in [0.717, 1.165) is 0 Å². The van der Waals surface area contributed by atoms with Crippen molar-refractivity contribution in [2.24, 2.45) is 0 Å². The Balaban J connectivity index is 0. The molecule has 0 unspecified atom stereocenters. The summed E-state index contributed by atoms with van der Waals surface area (Å²) in [6, 6.07) is 0. The highest BCUT2D eigenvalue weighted by molar-refractivity contribution is 6.15. The first kappa shape index (κ1) is 11.0. The molecule has 0 saturated carbocycles. The molecule has 0 aliphatic heterocycles. The topological polar surface area (TPSA) is 60.7 Å². The molecule has 0 fully saturated rings. The minimum absolute atomic E-state index is 0.365. The minimum atomic E-state index is -0.954. The number of halogens is 1. The van der Waals surface area contributed by atoms with E-state index in [4.69, 9.17) is 15.3 Å². The molecule has 8 heavy (non-hydrogen) atoms. The van der Waals surface area contributed by atoms with Gasteiger partial charge in [-0.05, 0) is 0 Å². The molecule has 0 spiro atoms. The van der Waals surface area contributed by atoms with Crippen LogP contribution >= 0.6 is 11.6 Å². The Bertz CT molecular complexity index is 30.5. The third-order valence-corrected chi connectivity index (χ3v) is 0.421. The molecule has 0 saturated heterocycles. The van der Waals surface area contributed by atoms with Gasteiger partial charge in [-0.2, -0.15) is 0 Å². The number of aliphatic hydroxyl groups excluding tert-OH is 3. The van der Waals surface area contributed by atoms with E-state index in [9.17, 15) is 0 Å². The van der Waals surface area contributed by atoms with E-state index in [1.54, 1.807) is 0 Å². The Hall–Kier alpha value is 0.170. The fourth-order valence-corrected chi connectivity index (χ4v) is 0.0577. The Labute approximate surface area is 53.5 Å². The van der Waals surface area contributed by atoms with Gasteiger partial charge in [0.05, 0.1) is 13.2 Å². The van der Waals surface area contributed by atoms with Gasteiger partial charge in [-0.3, -0.25) is 0 Å². The lowest BCUT2D eigenvalue weighted by atomic mass is 10.4. The van der Waals surface area contributed by atoms with Crippen molar-refractivity contribution >= 4 is 11.6 Å². The lowest BCUT2D eigenvalue weighted by molar-refractivity contribution is 0.0450. The first-order valence-corrected chi connectivity index (χ1v) is 2.84. The highest BCUT2D eigenvalue weighted by atomic mass is 35.5. The van der Waals surface area contributed by atoms with Crippen molar-refractivity contribution in [3.63, 3.8) is 0 Å². The number of rotatable bonds is 2. The van der Waals surface area contributed by atoms with Crippen LogP contribution in [0, 0.1) is 0 Å². The molecule has 0 amide bonds. The molecule has 0 aliphatic rings. The number of alkyl halides is 1. The zero-order valence-electron chi connectivity index (χ0n) is 4.71. The normalized spacial score (nSPS) is 8.25. The third-order valence-electron chi connectivity index (χ3n) is 0.421. The zero-order chi connectivity index (χ0) is 6.99.